The van der Waals surface area contributed by atoms with Gasteiger partial charge in [-0.25, -0.2) is 16.8 Å². The molecular formula is C16H32CaN2O8S2. The molecule has 0 unspecified atom stereocenters. The fourth-order valence-electron chi connectivity index (χ4n) is 1.80. The molecule has 0 spiro atoms. The monoisotopic (exact) mass is 484 g/mol. The average Bonchev–Trinajstić information content (AvgIpc) is 2.58. The van der Waals surface area contributed by atoms with Crippen LogP contribution in [-0.4, -0.2) is 100 Å². The zero-order valence-corrected chi connectivity index (χ0v) is 21.1. The molecule has 0 saturated carbocycles. The molecule has 13 heteroatoms. The first-order valence-electron chi connectivity index (χ1n) is 9.31. The quantitative estimate of drug-likeness (QED) is 0.198. The molecular weight excluding hydrogens is 452 g/mol. The summed E-state index contributed by atoms with van der Waals surface area (Å²) in [5.41, 5.74) is 0. The molecule has 29 heavy (non-hydrogen) atoms. The van der Waals surface area contributed by atoms with E-state index in [0.29, 0.717) is 12.8 Å². The number of rotatable bonds is 14. The summed E-state index contributed by atoms with van der Waals surface area (Å²) in [6.07, 6.45) is 4.83. The molecule has 0 radical (unpaired) electrons. The molecule has 0 heterocycles. The summed E-state index contributed by atoms with van der Waals surface area (Å²) in [5.74, 6) is -1.01. The number of hydrogen-bond donors (Lipinski definition) is 2. The van der Waals surface area contributed by atoms with Gasteiger partial charge in [-0.05, 0) is 25.7 Å². The molecule has 0 saturated heterocycles. The second kappa shape index (κ2) is 20.0. The van der Waals surface area contributed by atoms with Crippen LogP contribution in [0.2, 0.25) is 0 Å². The summed E-state index contributed by atoms with van der Waals surface area (Å²) >= 11 is 0. The maximum atomic E-state index is 11.0. The summed E-state index contributed by atoms with van der Waals surface area (Å²) < 4.78 is 61.1. The van der Waals surface area contributed by atoms with Crippen LogP contribution < -0.4 is 10.6 Å². The van der Waals surface area contributed by atoms with Crippen LogP contribution in [-0.2, 0) is 29.8 Å². The minimum atomic E-state index is -4.14. The Bertz CT molecular complexity index is 583. The predicted octanol–water partition coefficient (Wildman–Crippen LogP) is 0.0754. The van der Waals surface area contributed by atoms with Gasteiger partial charge in [-0.15, -0.1) is 0 Å². The third-order valence-electron chi connectivity index (χ3n) is 3.30. The van der Waals surface area contributed by atoms with Gasteiger partial charge < -0.3 is 19.7 Å². The van der Waals surface area contributed by atoms with Gasteiger partial charge in [0.25, 0.3) is 0 Å². The van der Waals surface area contributed by atoms with E-state index in [-0.39, 0.29) is 75.5 Å². The van der Waals surface area contributed by atoms with Crippen molar-refractivity contribution >= 4 is 69.8 Å². The van der Waals surface area contributed by atoms with Gasteiger partial charge in [-0.2, -0.15) is 0 Å². The van der Waals surface area contributed by atoms with Crippen LogP contribution in [0.25, 0.3) is 0 Å². The third kappa shape index (κ3) is 32.9. The van der Waals surface area contributed by atoms with Crippen molar-refractivity contribution in [2.24, 2.45) is 0 Å². The van der Waals surface area contributed by atoms with E-state index in [9.17, 15) is 35.5 Å². The van der Waals surface area contributed by atoms with Crippen LogP contribution in [0.5, 0.6) is 0 Å². The largest absolute Gasteiger partial charge is 2.00 e. The molecule has 2 N–H and O–H groups in total. The number of carbonyl (C=O) groups is 2. The second-order valence-corrected chi connectivity index (χ2v) is 9.18. The van der Waals surface area contributed by atoms with E-state index in [2.05, 4.69) is 10.6 Å². The average molecular weight is 485 g/mol. The van der Waals surface area contributed by atoms with Crippen molar-refractivity contribution in [2.45, 2.75) is 65.2 Å². The summed E-state index contributed by atoms with van der Waals surface area (Å²) in [7, 11) is -8.28. The van der Waals surface area contributed by atoms with Gasteiger partial charge in [0, 0.05) is 37.4 Å². The van der Waals surface area contributed by atoms with Crippen LogP contribution in [0.4, 0.5) is 0 Å². The Morgan fingerprint density at radius 3 is 1.24 bits per heavy atom. The Labute approximate surface area is 204 Å². The first-order valence-corrected chi connectivity index (χ1v) is 12.5. The Morgan fingerprint density at radius 1 is 0.690 bits per heavy atom. The standard InChI is InChI=1S/2C8H17NO4S.Ca/c2*1-2-3-5-8(10)9-6-4-7-14(11,12)13;/h2*2-7H2,1H3,(H,9,10)(H,11,12,13);/q;;+2/p-2. The van der Waals surface area contributed by atoms with Crippen molar-refractivity contribution in [1.29, 1.82) is 0 Å². The van der Waals surface area contributed by atoms with Crippen molar-refractivity contribution < 1.29 is 35.5 Å². The number of hydrogen-bond acceptors (Lipinski definition) is 8. The molecule has 168 valence electrons. The van der Waals surface area contributed by atoms with Crippen molar-refractivity contribution in [3.63, 3.8) is 0 Å². The minimum absolute atomic E-state index is 0. The number of amides is 2. The Hall–Kier alpha value is 0.0197. The summed E-state index contributed by atoms with van der Waals surface area (Å²) in [5, 5.41) is 5.10. The van der Waals surface area contributed by atoms with Gasteiger partial charge in [0.2, 0.25) is 11.8 Å². The Balaban J connectivity index is -0.000000451. The fourth-order valence-corrected chi connectivity index (χ4v) is 2.80. The van der Waals surface area contributed by atoms with E-state index in [1.165, 1.54) is 0 Å². The summed E-state index contributed by atoms with van der Waals surface area (Å²) in [4.78, 5) is 22.0. The molecule has 0 bridgehead atoms. The normalized spacial score (nSPS) is 10.9. The van der Waals surface area contributed by atoms with E-state index >= 15 is 0 Å². The zero-order chi connectivity index (χ0) is 22.1. The minimum Gasteiger partial charge on any atom is -0.748 e. The van der Waals surface area contributed by atoms with E-state index in [0.717, 1.165) is 25.7 Å². The van der Waals surface area contributed by atoms with Crippen LogP contribution in [0, 0.1) is 0 Å². The molecule has 0 aliphatic rings. The molecule has 10 nitrogen and oxygen atoms in total. The molecule has 0 aliphatic carbocycles. The Morgan fingerprint density at radius 2 is 1.00 bits per heavy atom. The van der Waals surface area contributed by atoms with Crippen molar-refractivity contribution in [3.8, 4) is 0 Å². The van der Waals surface area contributed by atoms with Crippen molar-refractivity contribution in [1.82, 2.24) is 10.6 Å². The molecule has 2 amide bonds. The number of carbonyl (C=O) groups excluding carboxylic acids is 2. The maximum Gasteiger partial charge on any atom is 2.00 e. The van der Waals surface area contributed by atoms with Gasteiger partial charge >= 0.3 is 37.7 Å². The number of unbranched alkanes of at least 4 members (excludes halogenated alkanes) is 2. The van der Waals surface area contributed by atoms with E-state index in [1.807, 2.05) is 13.8 Å². The van der Waals surface area contributed by atoms with Crippen molar-refractivity contribution in [3.05, 3.63) is 0 Å². The molecule has 0 aliphatic heterocycles. The zero-order valence-electron chi connectivity index (χ0n) is 17.3. The molecule has 0 fully saturated rings. The second-order valence-electron chi connectivity index (χ2n) is 6.14. The van der Waals surface area contributed by atoms with Crippen LogP contribution in [0.1, 0.15) is 65.2 Å². The van der Waals surface area contributed by atoms with Gasteiger partial charge in [-0.1, -0.05) is 26.7 Å². The van der Waals surface area contributed by atoms with Crippen LogP contribution in [0.3, 0.4) is 0 Å². The first-order chi connectivity index (χ1) is 12.9. The summed E-state index contributed by atoms with van der Waals surface area (Å²) in [6, 6.07) is 0. The third-order valence-corrected chi connectivity index (χ3v) is 4.88. The first kappa shape index (κ1) is 33.7. The molecule has 0 aromatic heterocycles. The van der Waals surface area contributed by atoms with Crippen LogP contribution >= 0.6 is 0 Å². The van der Waals surface area contributed by atoms with Gasteiger partial charge in [0.1, 0.15) is 0 Å². The topological polar surface area (TPSA) is 173 Å². The fraction of sp³-hybridized carbons (Fsp3) is 0.875. The molecule has 0 aromatic carbocycles. The van der Waals surface area contributed by atoms with E-state index in [4.69, 9.17) is 0 Å². The SMILES string of the molecule is CCCCC(=O)NCCCS(=O)(=O)[O-].CCCCC(=O)NCCCS(=O)(=O)[O-].[Ca+2]. The molecule has 0 rings (SSSR count). The van der Waals surface area contributed by atoms with E-state index < -0.39 is 31.7 Å². The van der Waals surface area contributed by atoms with Gasteiger partial charge in [-0.3, -0.25) is 9.59 Å². The van der Waals surface area contributed by atoms with Crippen molar-refractivity contribution in [2.75, 3.05) is 24.6 Å². The van der Waals surface area contributed by atoms with E-state index in [1.54, 1.807) is 0 Å². The van der Waals surface area contributed by atoms with Crippen LogP contribution in [0.15, 0.2) is 0 Å². The van der Waals surface area contributed by atoms with Gasteiger partial charge in [0.05, 0.1) is 20.2 Å². The Kier molecular flexibility index (Phi) is 23.2. The predicted molar refractivity (Wildman–Crippen MR) is 109 cm³/mol. The molecule has 0 aromatic rings. The number of nitrogens with one attached hydrogen (secondary N) is 2. The molecule has 0 atom stereocenters. The van der Waals surface area contributed by atoms with Gasteiger partial charge in [0.15, 0.2) is 0 Å². The maximum absolute atomic E-state index is 11.0. The smallest absolute Gasteiger partial charge is 0.748 e. The summed E-state index contributed by atoms with van der Waals surface area (Å²) in [6.45, 7) is 4.47.